The number of sulfonamides is 1. The van der Waals surface area contributed by atoms with E-state index in [-0.39, 0.29) is 36.4 Å². The average molecular weight is 420 g/mol. The van der Waals surface area contributed by atoms with Gasteiger partial charge >= 0.3 is 6.18 Å². The van der Waals surface area contributed by atoms with Crippen LogP contribution in [0.4, 0.5) is 13.2 Å². The van der Waals surface area contributed by atoms with E-state index in [4.69, 9.17) is 0 Å². The number of carbonyl (C=O) groups is 1. The van der Waals surface area contributed by atoms with E-state index in [2.05, 4.69) is 5.32 Å². The van der Waals surface area contributed by atoms with Crippen molar-refractivity contribution >= 4 is 15.9 Å². The average Bonchev–Trinajstić information content (AvgIpc) is 2.62. The summed E-state index contributed by atoms with van der Waals surface area (Å²) in [5, 5.41) is 2.50. The molecule has 1 N–H and O–H groups in total. The standard InChI is InChI=1S/C19H27F3N2O3S/c1-4-24(5-2)28(26,27)14-11-10-13(3)15(12-14)18(25)23-17-9-7-6-8-16(17)19(20,21)22/h10-12,16-17H,4-9H2,1-3H3,(H,23,25). The minimum absolute atomic E-state index is 0.0101. The lowest BCUT2D eigenvalue weighted by Crippen LogP contribution is -2.47. The zero-order valence-corrected chi connectivity index (χ0v) is 17.2. The number of hydrogen-bond donors (Lipinski definition) is 1. The number of carbonyl (C=O) groups excluding carboxylic acids is 1. The van der Waals surface area contributed by atoms with Crippen molar-refractivity contribution in [3.8, 4) is 0 Å². The second-order valence-corrected chi connectivity index (χ2v) is 9.02. The predicted molar refractivity (Wildman–Crippen MR) is 101 cm³/mol. The van der Waals surface area contributed by atoms with Crippen molar-refractivity contribution in [2.75, 3.05) is 13.1 Å². The van der Waals surface area contributed by atoms with Crippen molar-refractivity contribution in [3.63, 3.8) is 0 Å². The maximum absolute atomic E-state index is 13.3. The highest BCUT2D eigenvalue weighted by atomic mass is 32.2. The van der Waals surface area contributed by atoms with Crippen molar-refractivity contribution in [3.05, 3.63) is 29.3 Å². The minimum atomic E-state index is -4.37. The highest BCUT2D eigenvalue weighted by Crippen LogP contribution is 2.38. The molecule has 0 radical (unpaired) electrons. The molecule has 2 atom stereocenters. The van der Waals surface area contributed by atoms with Crippen LogP contribution in [-0.4, -0.2) is 43.9 Å². The Bertz CT molecular complexity index is 805. The van der Waals surface area contributed by atoms with E-state index in [0.717, 1.165) is 0 Å². The SMILES string of the molecule is CCN(CC)S(=O)(=O)c1ccc(C)c(C(=O)NC2CCCCC2C(F)(F)F)c1. The lowest BCUT2D eigenvalue weighted by molar-refractivity contribution is -0.187. The molecule has 1 amide bonds. The number of hydrogen-bond acceptors (Lipinski definition) is 3. The Kier molecular flexibility index (Phi) is 7.14. The van der Waals surface area contributed by atoms with Crippen molar-refractivity contribution in [2.24, 2.45) is 5.92 Å². The number of halogens is 3. The normalized spacial score (nSPS) is 21.0. The third kappa shape index (κ3) is 4.86. The fourth-order valence-corrected chi connectivity index (χ4v) is 5.15. The summed E-state index contributed by atoms with van der Waals surface area (Å²) < 4.78 is 66.5. The van der Waals surface area contributed by atoms with Gasteiger partial charge in [0, 0.05) is 24.7 Å². The molecule has 0 saturated heterocycles. The molecule has 1 aliphatic rings. The number of nitrogens with one attached hydrogen (secondary N) is 1. The van der Waals surface area contributed by atoms with Crippen LogP contribution in [0.3, 0.4) is 0 Å². The van der Waals surface area contributed by atoms with Crippen molar-refractivity contribution in [2.45, 2.75) is 63.6 Å². The van der Waals surface area contributed by atoms with E-state index in [0.29, 0.717) is 18.4 Å². The van der Waals surface area contributed by atoms with Crippen LogP contribution in [0.2, 0.25) is 0 Å². The van der Waals surface area contributed by atoms with Gasteiger partial charge in [0.1, 0.15) is 0 Å². The molecule has 0 aliphatic heterocycles. The van der Waals surface area contributed by atoms with Crippen molar-refractivity contribution in [1.82, 2.24) is 9.62 Å². The van der Waals surface area contributed by atoms with Crippen LogP contribution < -0.4 is 5.32 Å². The molecule has 0 heterocycles. The van der Waals surface area contributed by atoms with Crippen LogP contribution in [0.15, 0.2) is 23.1 Å². The number of benzene rings is 1. The summed E-state index contributed by atoms with van der Waals surface area (Å²) in [6.45, 7) is 5.62. The van der Waals surface area contributed by atoms with Crippen LogP contribution in [0.1, 0.15) is 55.5 Å². The number of alkyl halides is 3. The summed E-state index contributed by atoms with van der Waals surface area (Å²) in [7, 11) is -3.77. The Labute approximate surface area is 164 Å². The predicted octanol–water partition coefficient (Wildman–Crippen LogP) is 3.88. The fourth-order valence-electron chi connectivity index (χ4n) is 3.66. The van der Waals surface area contributed by atoms with Gasteiger partial charge in [0.05, 0.1) is 10.8 Å². The van der Waals surface area contributed by atoms with Crippen LogP contribution in [0, 0.1) is 12.8 Å². The molecule has 5 nitrogen and oxygen atoms in total. The maximum atomic E-state index is 13.3. The molecule has 0 aromatic heterocycles. The molecule has 1 saturated carbocycles. The Morgan fingerprint density at radius 1 is 1.18 bits per heavy atom. The first-order valence-electron chi connectivity index (χ1n) is 9.50. The molecule has 158 valence electrons. The van der Waals surface area contributed by atoms with Crippen LogP contribution in [0.5, 0.6) is 0 Å². The van der Waals surface area contributed by atoms with E-state index in [1.54, 1.807) is 20.8 Å². The van der Waals surface area contributed by atoms with Crippen LogP contribution >= 0.6 is 0 Å². The van der Waals surface area contributed by atoms with E-state index in [9.17, 15) is 26.4 Å². The first-order valence-corrected chi connectivity index (χ1v) is 10.9. The second-order valence-electron chi connectivity index (χ2n) is 7.08. The summed E-state index contributed by atoms with van der Waals surface area (Å²) in [4.78, 5) is 12.7. The van der Waals surface area contributed by atoms with Gasteiger partial charge in [0.2, 0.25) is 10.0 Å². The van der Waals surface area contributed by atoms with Gasteiger partial charge < -0.3 is 5.32 Å². The molecule has 1 fully saturated rings. The quantitative estimate of drug-likeness (QED) is 0.760. The molecule has 1 aliphatic carbocycles. The van der Waals surface area contributed by atoms with Gasteiger partial charge in [-0.1, -0.05) is 32.8 Å². The number of nitrogens with zero attached hydrogens (tertiary/aromatic N) is 1. The summed E-state index contributed by atoms with van der Waals surface area (Å²) >= 11 is 0. The molecule has 0 spiro atoms. The maximum Gasteiger partial charge on any atom is 0.393 e. The molecule has 2 rings (SSSR count). The first kappa shape index (κ1) is 22.7. The largest absolute Gasteiger partial charge is 0.393 e. The zero-order chi connectivity index (χ0) is 21.1. The third-order valence-electron chi connectivity index (χ3n) is 5.30. The zero-order valence-electron chi connectivity index (χ0n) is 16.3. The lowest BCUT2D eigenvalue weighted by Gasteiger charge is -2.33. The molecular formula is C19H27F3N2O3S. The molecule has 0 bridgehead atoms. The summed E-state index contributed by atoms with van der Waals surface area (Å²) in [6, 6.07) is 3.18. The Morgan fingerprint density at radius 2 is 1.79 bits per heavy atom. The minimum Gasteiger partial charge on any atom is -0.349 e. The van der Waals surface area contributed by atoms with Gasteiger partial charge in [-0.25, -0.2) is 8.42 Å². The molecular weight excluding hydrogens is 393 g/mol. The van der Waals surface area contributed by atoms with Gasteiger partial charge in [-0.15, -0.1) is 0 Å². The molecule has 1 aromatic rings. The van der Waals surface area contributed by atoms with Gasteiger partial charge in [0.25, 0.3) is 5.91 Å². The Hall–Kier alpha value is -1.61. The smallest absolute Gasteiger partial charge is 0.349 e. The van der Waals surface area contributed by atoms with E-state index >= 15 is 0 Å². The summed E-state index contributed by atoms with van der Waals surface area (Å²) in [5.41, 5.74) is 0.593. The van der Waals surface area contributed by atoms with E-state index in [1.165, 1.54) is 22.5 Å². The number of rotatable bonds is 6. The summed E-state index contributed by atoms with van der Waals surface area (Å²) in [6.07, 6.45) is -3.03. The second kappa shape index (κ2) is 8.82. The van der Waals surface area contributed by atoms with E-state index in [1.807, 2.05) is 0 Å². The van der Waals surface area contributed by atoms with Gasteiger partial charge in [0.15, 0.2) is 0 Å². The van der Waals surface area contributed by atoms with Gasteiger partial charge in [-0.3, -0.25) is 4.79 Å². The first-order chi connectivity index (χ1) is 13.0. The topological polar surface area (TPSA) is 66.5 Å². The fraction of sp³-hybridized carbons (Fsp3) is 0.632. The van der Waals surface area contributed by atoms with Crippen molar-refractivity contribution < 1.29 is 26.4 Å². The van der Waals surface area contributed by atoms with Gasteiger partial charge in [-0.2, -0.15) is 17.5 Å². The van der Waals surface area contributed by atoms with Gasteiger partial charge in [-0.05, 0) is 37.5 Å². The van der Waals surface area contributed by atoms with E-state index < -0.39 is 34.1 Å². The molecule has 28 heavy (non-hydrogen) atoms. The molecule has 1 aromatic carbocycles. The lowest BCUT2D eigenvalue weighted by atomic mass is 9.84. The molecule has 9 heteroatoms. The van der Waals surface area contributed by atoms with Crippen LogP contribution in [0.25, 0.3) is 0 Å². The third-order valence-corrected chi connectivity index (χ3v) is 7.35. The number of aryl methyl sites for hydroxylation is 1. The highest BCUT2D eigenvalue weighted by Gasteiger charge is 2.46. The Morgan fingerprint density at radius 3 is 2.36 bits per heavy atom. The Balaban J connectivity index is 2.31. The van der Waals surface area contributed by atoms with Crippen LogP contribution in [-0.2, 0) is 10.0 Å². The van der Waals surface area contributed by atoms with Crippen molar-refractivity contribution in [1.29, 1.82) is 0 Å². The molecule has 2 unspecified atom stereocenters. The summed E-state index contributed by atoms with van der Waals surface area (Å²) in [5.74, 6) is -2.25. The number of amides is 1. The monoisotopic (exact) mass is 420 g/mol. The highest BCUT2D eigenvalue weighted by molar-refractivity contribution is 7.89.